The lowest BCUT2D eigenvalue weighted by atomic mass is 9.75. The SMILES string of the molecule is CC1CCCC(CNCC(O)CC2CCCC2)(N(C)C)C1. The van der Waals surface area contributed by atoms with Crippen LogP contribution in [0.25, 0.3) is 0 Å². The van der Waals surface area contributed by atoms with Crippen molar-refractivity contribution < 1.29 is 5.11 Å². The van der Waals surface area contributed by atoms with E-state index in [4.69, 9.17) is 0 Å². The molecule has 2 rings (SSSR count). The summed E-state index contributed by atoms with van der Waals surface area (Å²) in [5, 5.41) is 13.8. The Morgan fingerprint density at radius 2 is 1.90 bits per heavy atom. The molecule has 0 spiro atoms. The van der Waals surface area contributed by atoms with Crippen LogP contribution in [-0.4, -0.2) is 48.8 Å². The van der Waals surface area contributed by atoms with Crippen molar-refractivity contribution in [3.8, 4) is 0 Å². The molecule has 2 saturated carbocycles. The number of aliphatic hydroxyl groups excluding tert-OH is 1. The summed E-state index contributed by atoms with van der Waals surface area (Å²) < 4.78 is 0. The molecule has 2 N–H and O–H groups in total. The third-order valence-corrected chi connectivity index (χ3v) is 5.93. The van der Waals surface area contributed by atoms with Crippen molar-refractivity contribution in [2.45, 2.75) is 76.4 Å². The standard InChI is InChI=1S/C18H36N2O/c1-15-7-6-10-18(12-15,20(2)3)14-19-13-17(21)11-16-8-4-5-9-16/h15-17,19,21H,4-14H2,1-3H3. The average Bonchev–Trinajstić information content (AvgIpc) is 2.91. The molecule has 0 aromatic heterocycles. The van der Waals surface area contributed by atoms with Crippen LogP contribution >= 0.6 is 0 Å². The molecule has 0 heterocycles. The van der Waals surface area contributed by atoms with Crippen LogP contribution in [0.4, 0.5) is 0 Å². The zero-order chi connectivity index (χ0) is 15.3. The molecule has 0 bridgehead atoms. The fourth-order valence-corrected chi connectivity index (χ4v) is 4.54. The number of hydrogen-bond donors (Lipinski definition) is 2. The summed E-state index contributed by atoms with van der Waals surface area (Å²) in [7, 11) is 4.43. The number of nitrogens with one attached hydrogen (secondary N) is 1. The molecule has 0 radical (unpaired) electrons. The van der Waals surface area contributed by atoms with Gasteiger partial charge in [0.25, 0.3) is 0 Å². The number of likely N-dealkylation sites (N-methyl/N-ethyl adjacent to an activating group) is 1. The highest BCUT2D eigenvalue weighted by Gasteiger charge is 2.36. The molecule has 3 heteroatoms. The van der Waals surface area contributed by atoms with E-state index in [1.165, 1.54) is 51.4 Å². The first-order valence-corrected chi connectivity index (χ1v) is 9.08. The van der Waals surface area contributed by atoms with Gasteiger partial charge in [0.05, 0.1) is 6.10 Å². The Morgan fingerprint density at radius 3 is 2.52 bits per heavy atom. The molecule has 0 aliphatic heterocycles. The van der Waals surface area contributed by atoms with E-state index in [0.717, 1.165) is 31.3 Å². The zero-order valence-corrected chi connectivity index (χ0v) is 14.4. The Morgan fingerprint density at radius 1 is 1.19 bits per heavy atom. The van der Waals surface area contributed by atoms with Gasteiger partial charge in [0.15, 0.2) is 0 Å². The summed E-state index contributed by atoms with van der Waals surface area (Å²) in [6.07, 6.45) is 11.5. The van der Waals surface area contributed by atoms with Gasteiger partial charge in [0.1, 0.15) is 0 Å². The summed E-state index contributed by atoms with van der Waals surface area (Å²) in [4.78, 5) is 2.42. The fraction of sp³-hybridized carbons (Fsp3) is 1.00. The molecule has 0 aromatic rings. The molecule has 0 amide bonds. The van der Waals surface area contributed by atoms with Gasteiger partial charge >= 0.3 is 0 Å². The van der Waals surface area contributed by atoms with Crippen molar-refractivity contribution in [3.63, 3.8) is 0 Å². The summed E-state index contributed by atoms with van der Waals surface area (Å²) in [5.74, 6) is 1.60. The Kier molecular flexibility index (Phi) is 6.51. The summed E-state index contributed by atoms with van der Waals surface area (Å²) in [6, 6.07) is 0. The molecule has 2 aliphatic carbocycles. The fourth-order valence-electron chi connectivity index (χ4n) is 4.54. The smallest absolute Gasteiger partial charge is 0.0667 e. The van der Waals surface area contributed by atoms with E-state index in [0.29, 0.717) is 5.54 Å². The van der Waals surface area contributed by atoms with E-state index in [2.05, 4.69) is 31.2 Å². The van der Waals surface area contributed by atoms with E-state index >= 15 is 0 Å². The van der Waals surface area contributed by atoms with Crippen LogP contribution in [0.3, 0.4) is 0 Å². The van der Waals surface area contributed by atoms with Crippen LogP contribution in [0.1, 0.15) is 64.7 Å². The molecule has 21 heavy (non-hydrogen) atoms. The van der Waals surface area contributed by atoms with Gasteiger partial charge in [-0.25, -0.2) is 0 Å². The zero-order valence-electron chi connectivity index (χ0n) is 14.4. The lowest BCUT2D eigenvalue weighted by Gasteiger charge is -2.45. The quantitative estimate of drug-likeness (QED) is 0.758. The Labute approximate surface area is 131 Å². The van der Waals surface area contributed by atoms with E-state index in [9.17, 15) is 5.11 Å². The summed E-state index contributed by atoms with van der Waals surface area (Å²) >= 11 is 0. The van der Waals surface area contributed by atoms with Crippen molar-refractivity contribution >= 4 is 0 Å². The highest BCUT2D eigenvalue weighted by Crippen LogP contribution is 2.35. The minimum atomic E-state index is -0.159. The van der Waals surface area contributed by atoms with Crippen LogP contribution in [0.2, 0.25) is 0 Å². The van der Waals surface area contributed by atoms with E-state index in [-0.39, 0.29) is 6.10 Å². The van der Waals surface area contributed by atoms with Crippen LogP contribution in [0.5, 0.6) is 0 Å². The van der Waals surface area contributed by atoms with Crippen molar-refractivity contribution in [3.05, 3.63) is 0 Å². The first kappa shape index (κ1) is 17.2. The van der Waals surface area contributed by atoms with Gasteiger partial charge in [0, 0.05) is 18.6 Å². The van der Waals surface area contributed by atoms with Crippen molar-refractivity contribution in [1.82, 2.24) is 10.2 Å². The van der Waals surface area contributed by atoms with Gasteiger partial charge < -0.3 is 15.3 Å². The van der Waals surface area contributed by atoms with Crippen LogP contribution in [-0.2, 0) is 0 Å². The largest absolute Gasteiger partial charge is 0.392 e. The molecule has 0 aromatic carbocycles. The van der Waals surface area contributed by atoms with Crippen LogP contribution in [0.15, 0.2) is 0 Å². The van der Waals surface area contributed by atoms with Gasteiger partial charge in [-0.05, 0) is 45.2 Å². The lowest BCUT2D eigenvalue weighted by molar-refractivity contribution is 0.0681. The topological polar surface area (TPSA) is 35.5 Å². The molecule has 0 saturated heterocycles. The minimum Gasteiger partial charge on any atom is -0.392 e. The first-order chi connectivity index (χ1) is 10.0. The Balaban J connectivity index is 1.74. The van der Waals surface area contributed by atoms with Gasteiger partial charge in [-0.1, -0.05) is 45.4 Å². The Bertz CT molecular complexity index is 302. The van der Waals surface area contributed by atoms with Crippen LogP contribution < -0.4 is 5.32 Å². The summed E-state index contributed by atoms with van der Waals surface area (Å²) in [6.45, 7) is 4.17. The lowest BCUT2D eigenvalue weighted by Crippen LogP contribution is -2.54. The third kappa shape index (κ3) is 4.94. The summed E-state index contributed by atoms with van der Waals surface area (Å²) in [5.41, 5.74) is 0.296. The first-order valence-electron chi connectivity index (χ1n) is 9.08. The number of rotatable bonds is 7. The molecule has 2 aliphatic rings. The minimum absolute atomic E-state index is 0.159. The molecular weight excluding hydrogens is 260 g/mol. The maximum atomic E-state index is 10.2. The molecule has 2 fully saturated rings. The highest BCUT2D eigenvalue weighted by atomic mass is 16.3. The molecule has 124 valence electrons. The second kappa shape index (κ2) is 7.94. The van der Waals surface area contributed by atoms with Crippen molar-refractivity contribution in [2.75, 3.05) is 27.2 Å². The molecular formula is C18H36N2O. The third-order valence-electron chi connectivity index (χ3n) is 5.93. The maximum Gasteiger partial charge on any atom is 0.0667 e. The second-order valence-electron chi connectivity index (χ2n) is 7.99. The van der Waals surface area contributed by atoms with E-state index in [1.54, 1.807) is 0 Å². The van der Waals surface area contributed by atoms with E-state index in [1.807, 2.05) is 0 Å². The number of hydrogen-bond acceptors (Lipinski definition) is 3. The van der Waals surface area contributed by atoms with Gasteiger partial charge in [-0.3, -0.25) is 0 Å². The van der Waals surface area contributed by atoms with Crippen molar-refractivity contribution in [2.24, 2.45) is 11.8 Å². The van der Waals surface area contributed by atoms with Gasteiger partial charge in [0.2, 0.25) is 0 Å². The predicted octanol–water partition coefficient (Wildman–Crippen LogP) is 3.03. The van der Waals surface area contributed by atoms with Crippen LogP contribution in [0, 0.1) is 11.8 Å². The monoisotopic (exact) mass is 296 g/mol. The number of aliphatic hydroxyl groups is 1. The normalized spacial score (nSPS) is 32.7. The van der Waals surface area contributed by atoms with E-state index < -0.39 is 0 Å². The molecule has 3 unspecified atom stereocenters. The molecule has 3 nitrogen and oxygen atoms in total. The van der Waals surface area contributed by atoms with Gasteiger partial charge in [-0.15, -0.1) is 0 Å². The maximum absolute atomic E-state index is 10.2. The highest BCUT2D eigenvalue weighted by molar-refractivity contribution is 4.94. The van der Waals surface area contributed by atoms with Gasteiger partial charge in [-0.2, -0.15) is 0 Å². The predicted molar refractivity (Wildman–Crippen MR) is 89.5 cm³/mol. The number of nitrogens with zero attached hydrogens (tertiary/aromatic N) is 1. The van der Waals surface area contributed by atoms with Crippen molar-refractivity contribution in [1.29, 1.82) is 0 Å². The average molecular weight is 296 g/mol. The second-order valence-corrected chi connectivity index (χ2v) is 7.99. The molecule has 3 atom stereocenters. The Hall–Kier alpha value is -0.120.